The summed E-state index contributed by atoms with van der Waals surface area (Å²) in [5.41, 5.74) is 0.714. The summed E-state index contributed by atoms with van der Waals surface area (Å²) in [5, 5.41) is 22.6. The fourth-order valence-electron chi connectivity index (χ4n) is 1.81. The SMILES string of the molecule is O=C(NCC(O)c1ccccc1Cl)c1ccccc1O. The minimum atomic E-state index is -0.904. The average Bonchev–Trinajstić information content (AvgIpc) is 2.45. The van der Waals surface area contributed by atoms with Gasteiger partial charge in [0.1, 0.15) is 5.75 Å². The zero-order valence-electron chi connectivity index (χ0n) is 10.6. The van der Waals surface area contributed by atoms with Crippen molar-refractivity contribution in [3.05, 3.63) is 64.7 Å². The lowest BCUT2D eigenvalue weighted by Crippen LogP contribution is -2.28. The molecule has 2 aromatic carbocycles. The van der Waals surface area contributed by atoms with Gasteiger partial charge in [-0.15, -0.1) is 0 Å². The molecule has 0 saturated heterocycles. The molecular formula is C15H14ClNO3. The summed E-state index contributed by atoms with van der Waals surface area (Å²) in [6.45, 7) is 0.0108. The van der Waals surface area contributed by atoms with Crippen molar-refractivity contribution in [2.75, 3.05) is 6.54 Å². The van der Waals surface area contributed by atoms with Crippen LogP contribution in [0, 0.1) is 0 Å². The molecule has 0 radical (unpaired) electrons. The van der Waals surface area contributed by atoms with Crippen molar-refractivity contribution in [3.63, 3.8) is 0 Å². The van der Waals surface area contributed by atoms with Crippen LogP contribution in [0.4, 0.5) is 0 Å². The molecule has 0 heterocycles. The summed E-state index contributed by atoms with van der Waals surface area (Å²) < 4.78 is 0. The Hall–Kier alpha value is -2.04. The van der Waals surface area contributed by atoms with Crippen LogP contribution in [0.5, 0.6) is 5.75 Å². The Kier molecular flexibility index (Phi) is 4.61. The number of nitrogens with one attached hydrogen (secondary N) is 1. The first-order chi connectivity index (χ1) is 9.59. The third-order valence-electron chi connectivity index (χ3n) is 2.87. The van der Waals surface area contributed by atoms with Crippen molar-refractivity contribution in [2.24, 2.45) is 0 Å². The minimum Gasteiger partial charge on any atom is -0.507 e. The molecule has 0 spiro atoms. The number of halogens is 1. The predicted octanol–water partition coefficient (Wildman–Crippen LogP) is 2.51. The first kappa shape index (κ1) is 14.4. The molecule has 1 atom stereocenters. The van der Waals surface area contributed by atoms with Gasteiger partial charge in [-0.2, -0.15) is 0 Å². The number of carbonyl (C=O) groups is 1. The van der Waals surface area contributed by atoms with Crippen molar-refractivity contribution in [2.45, 2.75) is 6.10 Å². The summed E-state index contributed by atoms with van der Waals surface area (Å²) in [4.78, 5) is 11.9. The number of phenolic OH excluding ortho intramolecular Hbond substituents is 1. The van der Waals surface area contributed by atoms with Gasteiger partial charge in [-0.3, -0.25) is 4.79 Å². The molecule has 0 bridgehead atoms. The molecule has 104 valence electrons. The van der Waals surface area contributed by atoms with Crippen LogP contribution < -0.4 is 5.32 Å². The van der Waals surface area contributed by atoms with E-state index in [4.69, 9.17) is 11.6 Å². The van der Waals surface area contributed by atoms with E-state index >= 15 is 0 Å². The first-order valence-corrected chi connectivity index (χ1v) is 6.46. The zero-order valence-corrected chi connectivity index (χ0v) is 11.3. The number of benzene rings is 2. The molecule has 5 heteroatoms. The van der Waals surface area contributed by atoms with Gasteiger partial charge in [0.25, 0.3) is 5.91 Å². The molecule has 4 nitrogen and oxygen atoms in total. The van der Waals surface area contributed by atoms with E-state index in [1.165, 1.54) is 12.1 Å². The Morgan fingerprint density at radius 1 is 1.15 bits per heavy atom. The molecule has 0 aromatic heterocycles. The van der Waals surface area contributed by atoms with E-state index in [1.54, 1.807) is 36.4 Å². The largest absolute Gasteiger partial charge is 0.507 e. The van der Waals surface area contributed by atoms with E-state index in [0.717, 1.165) is 0 Å². The quantitative estimate of drug-likeness (QED) is 0.811. The Balaban J connectivity index is 2.01. The predicted molar refractivity (Wildman–Crippen MR) is 76.9 cm³/mol. The monoisotopic (exact) mass is 291 g/mol. The summed E-state index contributed by atoms with van der Waals surface area (Å²) in [6.07, 6.45) is -0.904. The van der Waals surface area contributed by atoms with E-state index in [0.29, 0.717) is 10.6 Å². The lowest BCUT2D eigenvalue weighted by Gasteiger charge is -2.14. The van der Waals surface area contributed by atoms with Gasteiger partial charge in [-0.05, 0) is 18.2 Å². The maximum absolute atomic E-state index is 11.9. The number of hydrogen-bond acceptors (Lipinski definition) is 3. The number of phenols is 1. The molecule has 0 aliphatic rings. The number of aliphatic hydroxyl groups is 1. The standard InChI is InChI=1S/C15H14ClNO3/c16-12-7-3-1-5-10(12)14(19)9-17-15(20)11-6-2-4-8-13(11)18/h1-8,14,18-19H,9H2,(H,17,20). The first-order valence-electron chi connectivity index (χ1n) is 6.08. The minimum absolute atomic E-state index is 0.0108. The number of carbonyl (C=O) groups excluding carboxylic acids is 1. The Morgan fingerprint density at radius 3 is 2.50 bits per heavy atom. The van der Waals surface area contributed by atoms with E-state index < -0.39 is 12.0 Å². The van der Waals surface area contributed by atoms with Crippen LogP contribution in [-0.2, 0) is 0 Å². The molecule has 0 aliphatic heterocycles. The van der Waals surface area contributed by atoms with Crippen LogP contribution in [0.3, 0.4) is 0 Å². The fourth-order valence-corrected chi connectivity index (χ4v) is 2.07. The molecule has 0 saturated carbocycles. The van der Waals surface area contributed by atoms with E-state index in [1.807, 2.05) is 0 Å². The second-order valence-corrected chi connectivity index (χ2v) is 4.67. The number of amides is 1. The normalized spacial score (nSPS) is 11.9. The third kappa shape index (κ3) is 3.29. The molecule has 20 heavy (non-hydrogen) atoms. The fraction of sp³-hybridized carbons (Fsp3) is 0.133. The highest BCUT2D eigenvalue weighted by molar-refractivity contribution is 6.31. The molecule has 1 amide bonds. The topological polar surface area (TPSA) is 69.6 Å². The van der Waals surface area contributed by atoms with Crippen molar-refractivity contribution in [3.8, 4) is 5.75 Å². The van der Waals surface area contributed by atoms with Crippen LogP contribution in [0.1, 0.15) is 22.0 Å². The molecule has 2 aromatic rings. The number of hydrogen-bond donors (Lipinski definition) is 3. The third-order valence-corrected chi connectivity index (χ3v) is 3.21. The highest BCUT2D eigenvalue weighted by Crippen LogP contribution is 2.22. The van der Waals surface area contributed by atoms with Gasteiger partial charge in [-0.25, -0.2) is 0 Å². The van der Waals surface area contributed by atoms with Crippen LogP contribution in [0.25, 0.3) is 0 Å². The molecule has 1 unspecified atom stereocenters. The van der Waals surface area contributed by atoms with Crippen molar-refractivity contribution < 1.29 is 15.0 Å². The van der Waals surface area contributed by atoms with Gasteiger partial charge in [0.2, 0.25) is 0 Å². The second kappa shape index (κ2) is 6.41. The van der Waals surface area contributed by atoms with Gasteiger partial charge in [0, 0.05) is 17.1 Å². The molecule has 2 rings (SSSR count). The van der Waals surface area contributed by atoms with Gasteiger partial charge >= 0.3 is 0 Å². The van der Waals surface area contributed by atoms with E-state index in [-0.39, 0.29) is 17.9 Å². The van der Waals surface area contributed by atoms with Crippen LogP contribution >= 0.6 is 11.6 Å². The molecule has 0 fully saturated rings. The number of aromatic hydroxyl groups is 1. The Labute approximate surface area is 121 Å². The number of para-hydroxylation sites is 1. The average molecular weight is 292 g/mol. The smallest absolute Gasteiger partial charge is 0.255 e. The zero-order chi connectivity index (χ0) is 14.5. The highest BCUT2D eigenvalue weighted by atomic mass is 35.5. The maximum atomic E-state index is 11.9. The van der Waals surface area contributed by atoms with Crippen LogP contribution in [0.15, 0.2) is 48.5 Å². The van der Waals surface area contributed by atoms with Crippen molar-refractivity contribution >= 4 is 17.5 Å². The van der Waals surface area contributed by atoms with Gasteiger partial charge < -0.3 is 15.5 Å². The van der Waals surface area contributed by atoms with Crippen LogP contribution in [0.2, 0.25) is 5.02 Å². The Morgan fingerprint density at radius 2 is 1.80 bits per heavy atom. The number of aliphatic hydroxyl groups excluding tert-OH is 1. The van der Waals surface area contributed by atoms with Crippen molar-refractivity contribution in [1.82, 2.24) is 5.32 Å². The summed E-state index contributed by atoms with van der Waals surface area (Å²) in [7, 11) is 0. The maximum Gasteiger partial charge on any atom is 0.255 e. The van der Waals surface area contributed by atoms with Crippen molar-refractivity contribution in [1.29, 1.82) is 0 Å². The van der Waals surface area contributed by atoms with E-state index in [2.05, 4.69) is 5.32 Å². The van der Waals surface area contributed by atoms with Crippen LogP contribution in [-0.4, -0.2) is 22.7 Å². The summed E-state index contributed by atoms with van der Waals surface area (Å²) >= 11 is 5.96. The lowest BCUT2D eigenvalue weighted by molar-refractivity contribution is 0.0913. The van der Waals surface area contributed by atoms with E-state index in [9.17, 15) is 15.0 Å². The molecule has 3 N–H and O–H groups in total. The molecule has 0 aliphatic carbocycles. The number of rotatable bonds is 4. The lowest BCUT2D eigenvalue weighted by atomic mass is 10.1. The van der Waals surface area contributed by atoms with Gasteiger partial charge in [0.05, 0.1) is 11.7 Å². The molecular weight excluding hydrogens is 278 g/mol. The van der Waals surface area contributed by atoms with Gasteiger partial charge in [-0.1, -0.05) is 41.9 Å². The summed E-state index contributed by atoms with van der Waals surface area (Å²) in [6, 6.07) is 13.1. The summed E-state index contributed by atoms with van der Waals surface area (Å²) in [5.74, 6) is -0.550. The highest BCUT2D eigenvalue weighted by Gasteiger charge is 2.14. The van der Waals surface area contributed by atoms with Gasteiger partial charge in [0.15, 0.2) is 0 Å². The Bertz CT molecular complexity index is 616. The second-order valence-electron chi connectivity index (χ2n) is 4.26.